The highest BCUT2D eigenvalue weighted by Crippen LogP contribution is 2.31. The number of aromatic nitrogens is 3. The first kappa shape index (κ1) is 11.9. The highest BCUT2D eigenvalue weighted by atomic mass is 35.5. The van der Waals surface area contributed by atoms with Crippen LogP contribution in [0, 0.1) is 5.92 Å². The molecule has 1 aliphatic carbocycles. The first-order valence-electron chi connectivity index (χ1n) is 5.90. The molecule has 1 fully saturated rings. The van der Waals surface area contributed by atoms with Gasteiger partial charge in [-0.2, -0.15) is 5.10 Å². The maximum Gasteiger partial charge on any atom is 0.141 e. The van der Waals surface area contributed by atoms with Gasteiger partial charge in [0.25, 0.3) is 0 Å². The molecule has 0 amide bonds. The molecule has 90 valence electrons. The minimum absolute atomic E-state index is 0.371. The van der Waals surface area contributed by atoms with Crippen LogP contribution in [0.4, 0.5) is 0 Å². The second-order valence-corrected chi connectivity index (χ2v) is 5.40. The summed E-state index contributed by atoms with van der Waals surface area (Å²) in [6.45, 7) is 6.06. The molecule has 0 bridgehead atoms. The molecule has 5 heteroatoms. The van der Waals surface area contributed by atoms with E-state index in [1.165, 1.54) is 0 Å². The first-order valence-corrected chi connectivity index (χ1v) is 6.33. The van der Waals surface area contributed by atoms with Crippen LogP contribution in [0.2, 0.25) is 0 Å². The molecule has 2 rings (SSSR count). The van der Waals surface area contributed by atoms with E-state index in [-0.39, 0.29) is 0 Å². The van der Waals surface area contributed by atoms with Crippen molar-refractivity contribution in [3.8, 4) is 0 Å². The lowest BCUT2D eigenvalue weighted by Crippen LogP contribution is -2.33. The van der Waals surface area contributed by atoms with E-state index in [9.17, 15) is 0 Å². The molecule has 1 N–H and O–H groups in total. The van der Waals surface area contributed by atoms with Crippen LogP contribution in [0.3, 0.4) is 0 Å². The third kappa shape index (κ3) is 2.74. The number of rotatable bonds is 5. The van der Waals surface area contributed by atoms with E-state index < -0.39 is 0 Å². The summed E-state index contributed by atoms with van der Waals surface area (Å²) in [6.07, 6.45) is 3.91. The van der Waals surface area contributed by atoms with Crippen molar-refractivity contribution in [3.05, 3.63) is 12.2 Å². The average Bonchev–Trinajstić information content (AvgIpc) is 2.63. The van der Waals surface area contributed by atoms with E-state index in [0.717, 1.165) is 37.7 Å². The van der Waals surface area contributed by atoms with E-state index >= 15 is 0 Å². The summed E-state index contributed by atoms with van der Waals surface area (Å²) < 4.78 is 1.96. The fourth-order valence-corrected chi connectivity index (χ4v) is 2.54. The lowest BCUT2D eigenvalue weighted by atomic mass is 9.85. The van der Waals surface area contributed by atoms with Crippen molar-refractivity contribution < 1.29 is 0 Å². The second-order valence-electron chi connectivity index (χ2n) is 4.78. The molecule has 0 radical (unpaired) electrons. The van der Waals surface area contributed by atoms with Crippen molar-refractivity contribution in [1.29, 1.82) is 0 Å². The van der Waals surface area contributed by atoms with Gasteiger partial charge in [-0.05, 0) is 39.2 Å². The van der Waals surface area contributed by atoms with E-state index in [2.05, 4.69) is 29.2 Å². The van der Waals surface area contributed by atoms with Crippen molar-refractivity contribution >= 4 is 11.6 Å². The van der Waals surface area contributed by atoms with E-state index in [4.69, 9.17) is 11.6 Å². The third-order valence-corrected chi connectivity index (χ3v) is 3.39. The molecule has 1 saturated carbocycles. The van der Waals surface area contributed by atoms with Crippen molar-refractivity contribution in [2.75, 3.05) is 6.54 Å². The number of hydrogen-bond acceptors (Lipinski definition) is 3. The molecule has 4 nitrogen and oxygen atoms in total. The van der Waals surface area contributed by atoms with Crippen molar-refractivity contribution in [1.82, 2.24) is 20.1 Å². The van der Waals surface area contributed by atoms with Gasteiger partial charge in [-0.1, -0.05) is 0 Å². The number of hydrogen-bond donors (Lipinski definition) is 1. The van der Waals surface area contributed by atoms with Gasteiger partial charge in [0.05, 0.1) is 6.54 Å². The fourth-order valence-electron chi connectivity index (χ4n) is 2.04. The molecule has 16 heavy (non-hydrogen) atoms. The van der Waals surface area contributed by atoms with Gasteiger partial charge >= 0.3 is 0 Å². The normalized spacial score (nSPS) is 24.8. The van der Waals surface area contributed by atoms with Gasteiger partial charge in [-0.15, -0.1) is 11.6 Å². The van der Waals surface area contributed by atoms with Crippen LogP contribution in [0.15, 0.2) is 6.33 Å². The summed E-state index contributed by atoms with van der Waals surface area (Å²) in [7, 11) is 0. The molecule has 0 aliphatic heterocycles. The molecule has 0 atom stereocenters. The molecular formula is C11H19ClN4. The smallest absolute Gasteiger partial charge is 0.141 e. The summed E-state index contributed by atoms with van der Waals surface area (Å²) in [4.78, 5) is 4.26. The number of alkyl halides is 1. The molecule has 0 spiro atoms. The Morgan fingerprint density at radius 3 is 2.94 bits per heavy atom. The Labute approximate surface area is 101 Å². The van der Waals surface area contributed by atoms with Gasteiger partial charge < -0.3 is 5.32 Å². The molecular weight excluding hydrogens is 224 g/mol. The number of nitrogens with zero attached hydrogens (tertiary/aromatic N) is 3. The van der Waals surface area contributed by atoms with E-state index in [1.807, 2.05) is 4.68 Å². The fraction of sp³-hybridized carbons (Fsp3) is 0.818. The molecule has 1 aliphatic rings. The predicted molar refractivity (Wildman–Crippen MR) is 64.5 cm³/mol. The van der Waals surface area contributed by atoms with Gasteiger partial charge in [-0.25, -0.2) is 9.67 Å². The van der Waals surface area contributed by atoms with Gasteiger partial charge in [-0.3, -0.25) is 0 Å². The Bertz CT molecular complexity index is 330. The van der Waals surface area contributed by atoms with Crippen molar-refractivity contribution in [2.45, 2.75) is 44.7 Å². The van der Waals surface area contributed by atoms with Gasteiger partial charge in [0.2, 0.25) is 0 Å². The zero-order valence-electron chi connectivity index (χ0n) is 9.86. The summed E-state index contributed by atoms with van der Waals surface area (Å²) in [5.41, 5.74) is 0. The molecule has 0 saturated heterocycles. The monoisotopic (exact) mass is 242 g/mol. The molecule has 0 aromatic carbocycles. The highest BCUT2D eigenvalue weighted by Gasteiger charge is 2.26. The van der Waals surface area contributed by atoms with Crippen LogP contribution in [-0.2, 0) is 6.54 Å². The first-order chi connectivity index (χ1) is 7.66. The summed E-state index contributed by atoms with van der Waals surface area (Å²) in [5.74, 6) is 1.76. The number of halogens is 1. The van der Waals surface area contributed by atoms with Crippen LogP contribution in [0.5, 0.6) is 0 Å². The van der Waals surface area contributed by atoms with Crippen LogP contribution >= 0.6 is 11.6 Å². The van der Waals surface area contributed by atoms with Crippen LogP contribution in [-0.4, -0.2) is 26.7 Å². The average molecular weight is 243 g/mol. The molecule has 1 aromatic heterocycles. The van der Waals surface area contributed by atoms with Gasteiger partial charge in [0, 0.05) is 11.4 Å². The standard InChI is InChI=1S/C11H19ClN4/c1-8(2)16-11(14-7-15-16)6-13-5-9-3-10(12)4-9/h7-10,13H,3-6H2,1-2H3. The SMILES string of the molecule is CC(C)n1ncnc1CNCC1CC(Cl)C1. The van der Waals surface area contributed by atoms with Gasteiger partial charge in [0.15, 0.2) is 0 Å². The van der Waals surface area contributed by atoms with E-state index in [0.29, 0.717) is 11.4 Å². The topological polar surface area (TPSA) is 42.7 Å². The third-order valence-electron chi connectivity index (χ3n) is 3.03. The van der Waals surface area contributed by atoms with Crippen LogP contribution < -0.4 is 5.32 Å². The maximum atomic E-state index is 5.93. The highest BCUT2D eigenvalue weighted by molar-refractivity contribution is 6.21. The summed E-state index contributed by atoms with van der Waals surface area (Å²) in [5, 5.41) is 8.04. The summed E-state index contributed by atoms with van der Waals surface area (Å²) >= 11 is 5.93. The Balaban J connectivity index is 1.74. The van der Waals surface area contributed by atoms with Crippen molar-refractivity contribution in [3.63, 3.8) is 0 Å². The molecule has 0 unspecified atom stereocenters. The summed E-state index contributed by atoms with van der Waals surface area (Å²) in [6, 6.07) is 0.371. The lowest BCUT2D eigenvalue weighted by Gasteiger charge is -2.30. The Hall–Kier alpha value is -0.610. The van der Waals surface area contributed by atoms with E-state index in [1.54, 1.807) is 6.33 Å². The largest absolute Gasteiger partial charge is 0.310 e. The predicted octanol–water partition coefficient (Wildman–Crippen LogP) is 1.97. The molecule has 1 heterocycles. The van der Waals surface area contributed by atoms with Crippen molar-refractivity contribution in [2.24, 2.45) is 5.92 Å². The zero-order chi connectivity index (χ0) is 11.5. The second kappa shape index (κ2) is 5.15. The zero-order valence-corrected chi connectivity index (χ0v) is 10.6. The number of nitrogens with one attached hydrogen (secondary N) is 1. The van der Waals surface area contributed by atoms with Crippen LogP contribution in [0.25, 0.3) is 0 Å². The van der Waals surface area contributed by atoms with Gasteiger partial charge in [0.1, 0.15) is 12.2 Å². The Morgan fingerprint density at radius 1 is 1.56 bits per heavy atom. The van der Waals surface area contributed by atoms with Crippen LogP contribution in [0.1, 0.15) is 38.6 Å². The minimum atomic E-state index is 0.371. The Kier molecular flexibility index (Phi) is 3.82. The lowest BCUT2D eigenvalue weighted by molar-refractivity contribution is 0.306. The Morgan fingerprint density at radius 2 is 2.31 bits per heavy atom. The maximum absolute atomic E-state index is 5.93. The minimum Gasteiger partial charge on any atom is -0.310 e. The molecule has 1 aromatic rings. The quantitative estimate of drug-likeness (QED) is 0.803.